The lowest BCUT2D eigenvalue weighted by atomic mass is 10.1. The Morgan fingerprint density at radius 1 is 1.32 bits per heavy atom. The van der Waals surface area contributed by atoms with Crippen molar-refractivity contribution in [2.45, 2.75) is 39.5 Å². The molecule has 1 aromatic carbocycles. The summed E-state index contributed by atoms with van der Waals surface area (Å²) in [6.45, 7) is 6.88. The van der Waals surface area contributed by atoms with Crippen LogP contribution in [0.4, 0.5) is 5.69 Å². The first kappa shape index (κ1) is 12.2. The summed E-state index contributed by atoms with van der Waals surface area (Å²) in [7, 11) is 0. The van der Waals surface area contributed by atoms with Crippen LogP contribution >= 0.6 is 0 Å². The molecule has 0 saturated carbocycles. The van der Waals surface area contributed by atoms with E-state index < -0.39 is 0 Å². The smallest absolute Gasteiger partial charge is 0.141 e. The molecule has 2 heterocycles. The number of nitrogens with two attached hydrogens (primary N) is 1. The van der Waals surface area contributed by atoms with Crippen LogP contribution in [0, 0.1) is 0 Å². The maximum absolute atomic E-state index is 6.03. The molecule has 2 aromatic rings. The Labute approximate surface area is 113 Å². The zero-order chi connectivity index (χ0) is 13.4. The van der Waals surface area contributed by atoms with Crippen molar-refractivity contribution in [1.82, 2.24) is 19.7 Å². The van der Waals surface area contributed by atoms with Crippen LogP contribution in [0.3, 0.4) is 0 Å². The number of hydrogen-bond acceptors (Lipinski definition) is 4. The molecule has 19 heavy (non-hydrogen) atoms. The van der Waals surface area contributed by atoms with Crippen LogP contribution in [0.5, 0.6) is 0 Å². The van der Waals surface area contributed by atoms with Gasteiger partial charge in [0.25, 0.3) is 0 Å². The zero-order valence-corrected chi connectivity index (χ0v) is 11.4. The van der Waals surface area contributed by atoms with Crippen LogP contribution in [0.15, 0.2) is 24.5 Å². The van der Waals surface area contributed by atoms with Gasteiger partial charge in [0.1, 0.15) is 12.2 Å². The zero-order valence-electron chi connectivity index (χ0n) is 11.4. The Kier molecular flexibility index (Phi) is 2.98. The number of nitrogen functional groups attached to an aromatic ring is 1. The van der Waals surface area contributed by atoms with E-state index in [0.29, 0.717) is 6.04 Å². The van der Waals surface area contributed by atoms with Gasteiger partial charge in [-0.25, -0.2) is 9.67 Å². The van der Waals surface area contributed by atoms with Gasteiger partial charge >= 0.3 is 0 Å². The van der Waals surface area contributed by atoms with Crippen molar-refractivity contribution in [2.75, 3.05) is 5.73 Å². The minimum absolute atomic E-state index is 0.340. The number of hydrogen-bond donors (Lipinski definition) is 1. The number of anilines is 1. The second kappa shape index (κ2) is 4.66. The van der Waals surface area contributed by atoms with Crippen molar-refractivity contribution in [3.05, 3.63) is 41.5 Å². The van der Waals surface area contributed by atoms with Gasteiger partial charge in [-0.05, 0) is 31.0 Å². The molecule has 0 spiro atoms. The van der Waals surface area contributed by atoms with Gasteiger partial charge in [0.15, 0.2) is 0 Å². The summed E-state index contributed by atoms with van der Waals surface area (Å²) in [4.78, 5) is 6.72. The third-order valence-electron chi connectivity index (χ3n) is 3.59. The Bertz CT molecular complexity index is 587. The molecule has 0 radical (unpaired) electrons. The molecule has 0 aliphatic carbocycles. The molecule has 1 aromatic heterocycles. The summed E-state index contributed by atoms with van der Waals surface area (Å²) in [5.74, 6) is 1.02. The van der Waals surface area contributed by atoms with E-state index in [1.54, 1.807) is 6.33 Å². The van der Waals surface area contributed by atoms with Gasteiger partial charge in [-0.15, -0.1) is 0 Å². The van der Waals surface area contributed by atoms with Crippen LogP contribution in [0.25, 0.3) is 0 Å². The molecule has 0 bridgehead atoms. The number of fused-ring (bicyclic) bond motifs is 1. The highest BCUT2D eigenvalue weighted by Crippen LogP contribution is 2.28. The Balaban J connectivity index is 1.77. The average molecular weight is 257 g/mol. The fourth-order valence-corrected chi connectivity index (χ4v) is 2.65. The van der Waals surface area contributed by atoms with Crippen LogP contribution in [-0.2, 0) is 19.6 Å². The molecular formula is C14H19N5. The quantitative estimate of drug-likeness (QED) is 0.854. The Hall–Kier alpha value is -1.88. The SMILES string of the molecule is CC(C)n1ncnc1CN1Cc2cccc(N)c2C1. The van der Waals surface area contributed by atoms with Crippen molar-refractivity contribution in [1.29, 1.82) is 0 Å². The van der Waals surface area contributed by atoms with Gasteiger partial charge in [-0.3, -0.25) is 4.90 Å². The van der Waals surface area contributed by atoms with Crippen LogP contribution < -0.4 is 5.73 Å². The Morgan fingerprint density at radius 3 is 2.89 bits per heavy atom. The molecule has 2 N–H and O–H groups in total. The molecule has 5 heteroatoms. The molecule has 0 unspecified atom stereocenters. The second-order valence-electron chi connectivity index (χ2n) is 5.34. The fourth-order valence-electron chi connectivity index (χ4n) is 2.65. The van der Waals surface area contributed by atoms with Crippen molar-refractivity contribution in [2.24, 2.45) is 0 Å². The van der Waals surface area contributed by atoms with Crippen molar-refractivity contribution >= 4 is 5.69 Å². The van der Waals surface area contributed by atoms with Crippen LogP contribution in [-0.4, -0.2) is 19.7 Å². The van der Waals surface area contributed by atoms with Gasteiger partial charge in [0.2, 0.25) is 0 Å². The largest absolute Gasteiger partial charge is 0.398 e. The fraction of sp³-hybridized carbons (Fsp3) is 0.429. The lowest BCUT2D eigenvalue weighted by molar-refractivity contribution is 0.259. The maximum atomic E-state index is 6.03. The van der Waals surface area contributed by atoms with E-state index >= 15 is 0 Å². The molecular weight excluding hydrogens is 238 g/mol. The molecule has 5 nitrogen and oxygen atoms in total. The first-order chi connectivity index (χ1) is 9.15. The number of benzene rings is 1. The minimum Gasteiger partial charge on any atom is -0.398 e. The first-order valence-electron chi connectivity index (χ1n) is 6.62. The van der Waals surface area contributed by atoms with Gasteiger partial charge in [-0.2, -0.15) is 5.10 Å². The summed E-state index contributed by atoms with van der Waals surface area (Å²) in [5, 5.41) is 4.28. The molecule has 1 aliphatic rings. The molecule has 0 amide bonds. The van der Waals surface area contributed by atoms with E-state index in [0.717, 1.165) is 31.1 Å². The standard InChI is InChI=1S/C14H19N5/c1-10(2)19-14(16-9-17-19)8-18-6-11-4-3-5-13(15)12(11)7-18/h3-5,9-10H,6-8,15H2,1-2H3. The van der Waals surface area contributed by atoms with E-state index in [-0.39, 0.29) is 0 Å². The minimum atomic E-state index is 0.340. The van der Waals surface area contributed by atoms with Crippen molar-refractivity contribution in [3.63, 3.8) is 0 Å². The molecule has 3 rings (SSSR count). The summed E-state index contributed by atoms with van der Waals surface area (Å²) in [6.07, 6.45) is 1.63. The van der Waals surface area contributed by atoms with Crippen molar-refractivity contribution < 1.29 is 0 Å². The van der Waals surface area contributed by atoms with Crippen molar-refractivity contribution in [3.8, 4) is 0 Å². The van der Waals surface area contributed by atoms with E-state index in [4.69, 9.17) is 5.73 Å². The number of aromatic nitrogens is 3. The van der Waals surface area contributed by atoms with E-state index in [1.807, 2.05) is 16.8 Å². The highest BCUT2D eigenvalue weighted by molar-refractivity contribution is 5.52. The molecule has 0 saturated heterocycles. The first-order valence-corrected chi connectivity index (χ1v) is 6.62. The van der Waals surface area contributed by atoms with Gasteiger partial charge in [-0.1, -0.05) is 12.1 Å². The van der Waals surface area contributed by atoms with Crippen LogP contribution in [0.2, 0.25) is 0 Å². The lowest BCUT2D eigenvalue weighted by Gasteiger charge is -2.16. The molecule has 0 atom stereocenters. The van der Waals surface area contributed by atoms with E-state index in [1.165, 1.54) is 11.1 Å². The summed E-state index contributed by atoms with van der Waals surface area (Å²) >= 11 is 0. The summed E-state index contributed by atoms with van der Waals surface area (Å²) < 4.78 is 1.98. The third-order valence-corrected chi connectivity index (χ3v) is 3.59. The predicted molar refractivity (Wildman–Crippen MR) is 74.2 cm³/mol. The van der Waals surface area contributed by atoms with Gasteiger partial charge in [0, 0.05) is 24.8 Å². The van der Waals surface area contributed by atoms with E-state index in [9.17, 15) is 0 Å². The number of nitrogens with zero attached hydrogens (tertiary/aromatic N) is 4. The predicted octanol–water partition coefficient (Wildman–Crippen LogP) is 1.96. The molecule has 100 valence electrons. The second-order valence-corrected chi connectivity index (χ2v) is 5.34. The molecule has 0 fully saturated rings. The van der Waals surface area contributed by atoms with Crippen LogP contribution in [0.1, 0.15) is 36.8 Å². The summed E-state index contributed by atoms with van der Waals surface area (Å²) in [6, 6.07) is 6.49. The Morgan fingerprint density at radius 2 is 2.16 bits per heavy atom. The summed E-state index contributed by atoms with van der Waals surface area (Å²) in [5.41, 5.74) is 9.51. The van der Waals surface area contributed by atoms with Gasteiger partial charge in [0.05, 0.1) is 6.54 Å². The third kappa shape index (κ3) is 2.21. The van der Waals surface area contributed by atoms with Gasteiger partial charge < -0.3 is 5.73 Å². The van der Waals surface area contributed by atoms with E-state index in [2.05, 4.69) is 34.9 Å². The lowest BCUT2D eigenvalue weighted by Crippen LogP contribution is -2.20. The number of rotatable bonds is 3. The highest BCUT2D eigenvalue weighted by Gasteiger charge is 2.22. The monoisotopic (exact) mass is 257 g/mol. The maximum Gasteiger partial charge on any atom is 0.141 e. The topological polar surface area (TPSA) is 60.0 Å². The highest BCUT2D eigenvalue weighted by atomic mass is 15.4. The normalized spacial score (nSPS) is 15.1. The molecule has 1 aliphatic heterocycles. The average Bonchev–Trinajstić information content (AvgIpc) is 2.96.